The Labute approximate surface area is 142 Å². The minimum Gasteiger partial charge on any atom is -0.481 e. The minimum atomic E-state index is -0.579. The van der Waals surface area contributed by atoms with Crippen LogP contribution >= 0.6 is 0 Å². The molecule has 1 aliphatic rings. The van der Waals surface area contributed by atoms with Crippen LogP contribution in [-0.2, 0) is 10.2 Å². The Bertz CT molecular complexity index is 743. The second-order valence-electron chi connectivity index (χ2n) is 6.26. The number of hydrogen-bond donors (Lipinski definition) is 1. The molecule has 0 bridgehead atoms. The van der Waals surface area contributed by atoms with Crippen molar-refractivity contribution in [2.24, 2.45) is 0 Å². The Balaban J connectivity index is 1.54. The fourth-order valence-electron chi connectivity index (χ4n) is 2.78. The van der Waals surface area contributed by atoms with Gasteiger partial charge in [0.2, 0.25) is 0 Å². The first-order valence-corrected chi connectivity index (χ1v) is 8.13. The van der Waals surface area contributed by atoms with Gasteiger partial charge in [0.1, 0.15) is 5.75 Å². The van der Waals surface area contributed by atoms with E-state index in [4.69, 9.17) is 10.00 Å². The number of nitrogens with zero attached hydrogens (tertiary/aromatic N) is 1. The fourth-order valence-corrected chi connectivity index (χ4v) is 2.78. The number of carbonyl (C=O) groups excluding carboxylic acids is 1. The first-order chi connectivity index (χ1) is 11.6. The van der Waals surface area contributed by atoms with Gasteiger partial charge in [-0.3, -0.25) is 4.79 Å². The summed E-state index contributed by atoms with van der Waals surface area (Å²) in [7, 11) is 0. The van der Waals surface area contributed by atoms with Crippen LogP contribution in [0.3, 0.4) is 0 Å². The van der Waals surface area contributed by atoms with Crippen LogP contribution in [0, 0.1) is 11.3 Å². The Morgan fingerprint density at radius 3 is 2.46 bits per heavy atom. The summed E-state index contributed by atoms with van der Waals surface area (Å²) in [4.78, 5) is 12.3. The van der Waals surface area contributed by atoms with Crippen LogP contribution in [0.1, 0.15) is 30.9 Å². The summed E-state index contributed by atoms with van der Waals surface area (Å²) in [5.41, 5.74) is 1.94. The van der Waals surface area contributed by atoms with E-state index in [2.05, 4.69) is 23.5 Å². The van der Waals surface area contributed by atoms with Crippen LogP contribution in [0.25, 0.3) is 0 Å². The average molecular weight is 320 g/mol. The van der Waals surface area contributed by atoms with Crippen molar-refractivity contribution in [3.63, 3.8) is 0 Å². The zero-order chi connectivity index (χ0) is 17.0. The first kappa shape index (κ1) is 16.1. The van der Waals surface area contributed by atoms with Crippen molar-refractivity contribution in [1.82, 2.24) is 5.32 Å². The summed E-state index contributed by atoms with van der Waals surface area (Å²) in [5, 5.41) is 11.8. The highest BCUT2D eigenvalue weighted by atomic mass is 16.5. The van der Waals surface area contributed by atoms with Crippen molar-refractivity contribution in [2.75, 3.05) is 6.54 Å². The van der Waals surface area contributed by atoms with Crippen LogP contribution in [0.2, 0.25) is 0 Å². The number of carbonyl (C=O) groups is 1. The van der Waals surface area contributed by atoms with Gasteiger partial charge >= 0.3 is 0 Å². The smallest absolute Gasteiger partial charge is 0.260 e. The van der Waals surface area contributed by atoms with Crippen molar-refractivity contribution in [3.8, 4) is 11.8 Å². The highest BCUT2D eigenvalue weighted by Gasteiger charge is 2.44. The van der Waals surface area contributed by atoms with E-state index >= 15 is 0 Å². The van der Waals surface area contributed by atoms with Gasteiger partial charge in [-0.1, -0.05) is 30.3 Å². The largest absolute Gasteiger partial charge is 0.481 e. The molecule has 1 atom stereocenters. The van der Waals surface area contributed by atoms with E-state index < -0.39 is 6.10 Å². The summed E-state index contributed by atoms with van der Waals surface area (Å²) < 4.78 is 5.65. The Kier molecular flexibility index (Phi) is 4.52. The summed E-state index contributed by atoms with van der Waals surface area (Å²) in [6, 6.07) is 19.1. The Hall–Kier alpha value is -2.80. The maximum Gasteiger partial charge on any atom is 0.260 e. The van der Waals surface area contributed by atoms with Crippen molar-refractivity contribution >= 4 is 5.91 Å². The van der Waals surface area contributed by atoms with Gasteiger partial charge in [0.15, 0.2) is 6.10 Å². The van der Waals surface area contributed by atoms with Gasteiger partial charge in [-0.25, -0.2) is 0 Å². The third-order valence-electron chi connectivity index (χ3n) is 4.51. The van der Waals surface area contributed by atoms with Gasteiger partial charge in [-0.2, -0.15) is 5.26 Å². The number of rotatable bonds is 6. The molecule has 2 aromatic carbocycles. The molecule has 0 heterocycles. The van der Waals surface area contributed by atoms with Crippen LogP contribution in [0.5, 0.6) is 5.75 Å². The monoisotopic (exact) mass is 320 g/mol. The molecule has 2 aromatic rings. The molecule has 0 saturated heterocycles. The van der Waals surface area contributed by atoms with Crippen LogP contribution in [0.15, 0.2) is 54.6 Å². The van der Waals surface area contributed by atoms with E-state index in [1.807, 2.05) is 18.2 Å². The number of nitriles is 1. The highest BCUT2D eigenvalue weighted by molar-refractivity contribution is 5.80. The van der Waals surface area contributed by atoms with E-state index in [1.54, 1.807) is 31.2 Å². The molecule has 0 spiro atoms. The standard InChI is InChI=1S/C20H20N2O2/c1-15(24-18-9-7-16(13-21)8-10-18)19(23)22-14-20(11-12-20)17-5-3-2-4-6-17/h2-10,15H,11-12,14H2,1H3,(H,22,23). The average Bonchev–Trinajstić information content (AvgIpc) is 3.42. The number of nitrogens with one attached hydrogen (secondary N) is 1. The molecule has 1 amide bonds. The molecule has 0 aromatic heterocycles. The van der Waals surface area contributed by atoms with Gasteiger partial charge in [-0.05, 0) is 49.6 Å². The number of ether oxygens (including phenoxy) is 1. The van der Waals surface area contributed by atoms with Crippen molar-refractivity contribution < 1.29 is 9.53 Å². The maximum absolute atomic E-state index is 12.3. The molecular weight excluding hydrogens is 300 g/mol. The molecule has 1 aliphatic carbocycles. The lowest BCUT2D eigenvalue weighted by molar-refractivity contribution is -0.127. The van der Waals surface area contributed by atoms with Crippen LogP contribution in [0.4, 0.5) is 0 Å². The minimum absolute atomic E-state index is 0.0884. The molecule has 0 aliphatic heterocycles. The zero-order valence-corrected chi connectivity index (χ0v) is 13.7. The van der Waals surface area contributed by atoms with Gasteiger partial charge in [0, 0.05) is 12.0 Å². The molecule has 0 radical (unpaired) electrons. The molecule has 122 valence electrons. The zero-order valence-electron chi connectivity index (χ0n) is 13.7. The van der Waals surface area contributed by atoms with E-state index in [9.17, 15) is 4.79 Å². The normalized spacial score (nSPS) is 15.8. The van der Waals surface area contributed by atoms with Gasteiger partial charge in [-0.15, -0.1) is 0 Å². The lowest BCUT2D eigenvalue weighted by Crippen LogP contribution is -2.40. The van der Waals surface area contributed by atoms with E-state index in [0.717, 1.165) is 12.8 Å². The quantitative estimate of drug-likeness (QED) is 0.889. The summed E-state index contributed by atoms with van der Waals surface area (Å²) >= 11 is 0. The van der Waals surface area contributed by atoms with Crippen LogP contribution < -0.4 is 10.1 Å². The summed E-state index contributed by atoms with van der Waals surface area (Å²) in [6.07, 6.45) is 1.62. The molecule has 1 fully saturated rings. The summed E-state index contributed by atoms with van der Waals surface area (Å²) in [6.45, 7) is 2.37. The third-order valence-corrected chi connectivity index (χ3v) is 4.51. The number of amides is 1. The molecule has 1 unspecified atom stereocenters. The lowest BCUT2D eigenvalue weighted by atomic mass is 9.96. The number of benzene rings is 2. The Morgan fingerprint density at radius 2 is 1.88 bits per heavy atom. The van der Waals surface area contributed by atoms with Crippen molar-refractivity contribution in [3.05, 3.63) is 65.7 Å². The SMILES string of the molecule is CC(Oc1ccc(C#N)cc1)C(=O)NCC1(c2ccccc2)CC1. The van der Waals surface area contributed by atoms with Crippen LogP contribution in [-0.4, -0.2) is 18.6 Å². The first-order valence-electron chi connectivity index (χ1n) is 8.13. The van der Waals surface area contributed by atoms with E-state index in [1.165, 1.54) is 5.56 Å². The second-order valence-corrected chi connectivity index (χ2v) is 6.26. The molecular formula is C20H20N2O2. The van der Waals surface area contributed by atoms with E-state index in [-0.39, 0.29) is 11.3 Å². The topological polar surface area (TPSA) is 62.1 Å². The van der Waals surface area contributed by atoms with Gasteiger partial charge in [0.05, 0.1) is 11.6 Å². The van der Waals surface area contributed by atoms with Gasteiger partial charge < -0.3 is 10.1 Å². The maximum atomic E-state index is 12.3. The second kappa shape index (κ2) is 6.76. The molecule has 24 heavy (non-hydrogen) atoms. The summed E-state index contributed by atoms with van der Waals surface area (Å²) in [5.74, 6) is 0.461. The molecule has 4 nitrogen and oxygen atoms in total. The van der Waals surface area contributed by atoms with E-state index in [0.29, 0.717) is 17.9 Å². The molecule has 3 rings (SSSR count). The molecule has 1 N–H and O–H groups in total. The third kappa shape index (κ3) is 3.57. The Morgan fingerprint density at radius 1 is 1.21 bits per heavy atom. The predicted octanol–water partition coefficient (Wildman–Crippen LogP) is 3.17. The van der Waals surface area contributed by atoms with Crippen molar-refractivity contribution in [1.29, 1.82) is 5.26 Å². The number of hydrogen-bond acceptors (Lipinski definition) is 3. The lowest BCUT2D eigenvalue weighted by Gasteiger charge is -2.19. The highest BCUT2D eigenvalue weighted by Crippen LogP contribution is 2.47. The molecule has 1 saturated carbocycles. The van der Waals surface area contributed by atoms with Crippen molar-refractivity contribution in [2.45, 2.75) is 31.3 Å². The predicted molar refractivity (Wildman–Crippen MR) is 91.6 cm³/mol. The fraction of sp³-hybridized carbons (Fsp3) is 0.300. The molecule has 4 heteroatoms. The van der Waals surface area contributed by atoms with Gasteiger partial charge in [0.25, 0.3) is 5.91 Å².